The monoisotopic (exact) mass is 418 g/mol. The maximum atomic E-state index is 4.37. The van der Waals surface area contributed by atoms with Gasteiger partial charge in [-0.2, -0.15) is 0 Å². The van der Waals surface area contributed by atoms with Crippen LogP contribution in [0.3, 0.4) is 0 Å². The number of aromatic nitrogens is 1. The first-order valence-electron chi connectivity index (χ1n) is 4.95. The largest absolute Gasteiger partial charge is 0.378 e. The lowest BCUT2D eigenvalue weighted by molar-refractivity contribution is 1.03. The molecular formula is C12H9Br3N2. The molecule has 1 aromatic heterocycles. The number of benzene rings is 1. The van der Waals surface area contributed by atoms with E-state index in [2.05, 4.69) is 58.1 Å². The van der Waals surface area contributed by atoms with Crippen LogP contribution in [0.4, 0.5) is 5.69 Å². The molecule has 0 radical (unpaired) electrons. The first-order valence-corrected chi connectivity index (χ1v) is 7.33. The second-order valence-corrected chi connectivity index (χ2v) is 6.01. The molecule has 0 atom stereocenters. The lowest BCUT2D eigenvalue weighted by atomic mass is 10.3. The molecule has 0 aliphatic heterocycles. The van der Waals surface area contributed by atoms with Gasteiger partial charge in [0, 0.05) is 14.6 Å². The maximum absolute atomic E-state index is 4.37. The summed E-state index contributed by atoms with van der Waals surface area (Å²) in [6, 6.07) is 11.9. The van der Waals surface area contributed by atoms with Crippen LogP contribution in [0.5, 0.6) is 0 Å². The maximum Gasteiger partial charge on any atom is 0.106 e. The van der Waals surface area contributed by atoms with Crippen molar-refractivity contribution in [2.24, 2.45) is 0 Å². The predicted molar refractivity (Wildman–Crippen MR) is 81.1 cm³/mol. The SMILES string of the molecule is Brc1ccc(NCc2cccc(Br)n2)c(Br)c1. The van der Waals surface area contributed by atoms with Crippen molar-refractivity contribution >= 4 is 53.5 Å². The van der Waals surface area contributed by atoms with Crippen molar-refractivity contribution < 1.29 is 0 Å². The average Bonchev–Trinajstić information content (AvgIpc) is 2.28. The van der Waals surface area contributed by atoms with E-state index in [-0.39, 0.29) is 0 Å². The summed E-state index contributed by atoms with van der Waals surface area (Å²) < 4.78 is 2.93. The van der Waals surface area contributed by atoms with Gasteiger partial charge in [-0.15, -0.1) is 0 Å². The summed E-state index contributed by atoms with van der Waals surface area (Å²) in [5.74, 6) is 0. The first kappa shape index (κ1) is 13.1. The van der Waals surface area contributed by atoms with E-state index in [1.807, 2.05) is 36.4 Å². The summed E-state index contributed by atoms with van der Waals surface area (Å²) in [5.41, 5.74) is 2.05. The molecule has 0 fully saturated rings. The van der Waals surface area contributed by atoms with Crippen molar-refractivity contribution in [3.8, 4) is 0 Å². The third kappa shape index (κ3) is 3.79. The van der Waals surface area contributed by atoms with Crippen LogP contribution in [0.1, 0.15) is 5.69 Å². The Bertz CT molecular complexity index is 529. The summed E-state index contributed by atoms with van der Waals surface area (Å²) >= 11 is 10.3. The molecule has 0 unspecified atom stereocenters. The Morgan fingerprint density at radius 3 is 2.59 bits per heavy atom. The summed E-state index contributed by atoms with van der Waals surface area (Å²) in [7, 11) is 0. The highest BCUT2D eigenvalue weighted by Gasteiger charge is 2.01. The number of rotatable bonds is 3. The molecule has 2 rings (SSSR count). The van der Waals surface area contributed by atoms with Crippen molar-refractivity contribution in [2.45, 2.75) is 6.54 Å². The third-order valence-electron chi connectivity index (χ3n) is 2.16. The van der Waals surface area contributed by atoms with Gasteiger partial charge in [-0.3, -0.25) is 0 Å². The smallest absolute Gasteiger partial charge is 0.106 e. The van der Waals surface area contributed by atoms with Crippen molar-refractivity contribution in [3.05, 3.63) is 55.6 Å². The topological polar surface area (TPSA) is 24.9 Å². The Morgan fingerprint density at radius 2 is 1.88 bits per heavy atom. The summed E-state index contributed by atoms with van der Waals surface area (Å²) in [6.07, 6.45) is 0. The zero-order chi connectivity index (χ0) is 12.3. The molecule has 0 spiro atoms. The highest BCUT2D eigenvalue weighted by molar-refractivity contribution is 9.11. The van der Waals surface area contributed by atoms with Gasteiger partial charge < -0.3 is 5.32 Å². The summed E-state index contributed by atoms with van der Waals surface area (Å²) in [4.78, 5) is 4.37. The number of nitrogens with one attached hydrogen (secondary N) is 1. The first-order chi connectivity index (χ1) is 8.15. The molecule has 0 aliphatic rings. The van der Waals surface area contributed by atoms with Gasteiger partial charge in [0.15, 0.2) is 0 Å². The van der Waals surface area contributed by atoms with E-state index >= 15 is 0 Å². The lowest BCUT2D eigenvalue weighted by Crippen LogP contribution is -2.02. The third-order valence-corrected chi connectivity index (χ3v) is 3.75. The van der Waals surface area contributed by atoms with Crippen LogP contribution in [0.15, 0.2) is 49.9 Å². The van der Waals surface area contributed by atoms with E-state index < -0.39 is 0 Å². The van der Waals surface area contributed by atoms with E-state index in [9.17, 15) is 0 Å². The van der Waals surface area contributed by atoms with Gasteiger partial charge in [-0.1, -0.05) is 22.0 Å². The number of halogens is 3. The zero-order valence-electron chi connectivity index (χ0n) is 8.75. The molecule has 5 heteroatoms. The standard InChI is InChI=1S/C12H9Br3N2/c13-8-4-5-11(10(14)6-8)16-7-9-2-1-3-12(15)17-9/h1-6,16H,7H2. The molecule has 1 N–H and O–H groups in total. The molecule has 0 amide bonds. The summed E-state index contributed by atoms with van der Waals surface area (Å²) in [6.45, 7) is 0.694. The predicted octanol–water partition coefficient (Wildman–Crippen LogP) is 4.98. The Morgan fingerprint density at radius 1 is 1.06 bits per heavy atom. The quantitative estimate of drug-likeness (QED) is 0.708. The van der Waals surface area contributed by atoms with Gasteiger partial charge in [0.05, 0.1) is 12.2 Å². The van der Waals surface area contributed by atoms with Crippen LogP contribution in [0, 0.1) is 0 Å². The van der Waals surface area contributed by atoms with Crippen molar-refractivity contribution in [1.29, 1.82) is 0 Å². The Kier molecular flexibility index (Phi) is 4.59. The molecule has 1 heterocycles. The molecule has 1 aromatic carbocycles. The summed E-state index contributed by atoms with van der Waals surface area (Å²) in [5, 5.41) is 3.33. The van der Waals surface area contributed by atoms with Crippen LogP contribution in [0.25, 0.3) is 0 Å². The van der Waals surface area contributed by atoms with Gasteiger partial charge in [0.25, 0.3) is 0 Å². The van der Waals surface area contributed by atoms with Crippen molar-refractivity contribution in [3.63, 3.8) is 0 Å². The van der Waals surface area contributed by atoms with E-state index in [1.54, 1.807) is 0 Å². The fraction of sp³-hybridized carbons (Fsp3) is 0.0833. The fourth-order valence-corrected chi connectivity index (χ4v) is 2.94. The van der Waals surface area contributed by atoms with Gasteiger partial charge in [-0.25, -0.2) is 4.98 Å². The Balaban J connectivity index is 2.07. The van der Waals surface area contributed by atoms with Gasteiger partial charge in [0.1, 0.15) is 4.60 Å². The zero-order valence-corrected chi connectivity index (χ0v) is 13.5. The minimum atomic E-state index is 0.694. The van der Waals surface area contributed by atoms with Crippen molar-refractivity contribution in [2.75, 3.05) is 5.32 Å². The lowest BCUT2D eigenvalue weighted by Gasteiger charge is -2.08. The van der Waals surface area contributed by atoms with Crippen LogP contribution in [-0.4, -0.2) is 4.98 Å². The number of anilines is 1. The van der Waals surface area contributed by atoms with Crippen LogP contribution < -0.4 is 5.32 Å². The molecule has 17 heavy (non-hydrogen) atoms. The van der Waals surface area contributed by atoms with Gasteiger partial charge in [-0.05, 0) is 62.2 Å². The molecule has 0 saturated carbocycles. The van der Waals surface area contributed by atoms with E-state index in [0.717, 1.165) is 24.9 Å². The van der Waals surface area contributed by atoms with Crippen LogP contribution >= 0.6 is 47.8 Å². The number of hydrogen-bond acceptors (Lipinski definition) is 2. The molecule has 88 valence electrons. The fourth-order valence-electron chi connectivity index (χ4n) is 1.37. The van der Waals surface area contributed by atoms with Crippen molar-refractivity contribution in [1.82, 2.24) is 4.98 Å². The average molecular weight is 421 g/mol. The molecule has 0 aliphatic carbocycles. The van der Waals surface area contributed by atoms with E-state index in [0.29, 0.717) is 6.54 Å². The second kappa shape index (κ2) is 5.98. The normalized spacial score (nSPS) is 10.3. The molecular weight excluding hydrogens is 412 g/mol. The molecule has 0 bridgehead atoms. The molecule has 2 aromatic rings. The van der Waals surface area contributed by atoms with Gasteiger partial charge in [0.2, 0.25) is 0 Å². The number of hydrogen-bond donors (Lipinski definition) is 1. The Labute approximate surface area is 125 Å². The number of nitrogens with zero attached hydrogens (tertiary/aromatic N) is 1. The van der Waals surface area contributed by atoms with Gasteiger partial charge >= 0.3 is 0 Å². The van der Waals surface area contributed by atoms with Crippen LogP contribution in [-0.2, 0) is 6.54 Å². The second-order valence-electron chi connectivity index (χ2n) is 3.43. The van der Waals surface area contributed by atoms with Crippen LogP contribution in [0.2, 0.25) is 0 Å². The number of pyridine rings is 1. The minimum absolute atomic E-state index is 0.694. The van der Waals surface area contributed by atoms with E-state index in [4.69, 9.17) is 0 Å². The minimum Gasteiger partial charge on any atom is -0.378 e. The molecule has 0 saturated heterocycles. The highest BCUT2D eigenvalue weighted by Crippen LogP contribution is 2.26. The highest BCUT2D eigenvalue weighted by atomic mass is 79.9. The molecule has 2 nitrogen and oxygen atoms in total. The van der Waals surface area contributed by atoms with E-state index in [1.165, 1.54) is 0 Å². The Hall–Kier alpha value is -0.390.